The second-order valence-electron chi connectivity index (χ2n) is 2.73. The Hall–Kier alpha value is 1.34. The fraction of sp³-hybridized carbons (Fsp3) is 0.571. The van der Waals surface area contributed by atoms with Gasteiger partial charge in [-0.15, -0.1) is 37.9 Å². The van der Waals surface area contributed by atoms with E-state index in [2.05, 4.69) is 48.5 Å². The van der Waals surface area contributed by atoms with Crippen LogP contribution >= 0.6 is 74.5 Å². The molecule has 0 aromatic heterocycles. The fourth-order valence-corrected chi connectivity index (χ4v) is 1.71. The molecule has 94 valence electrons. The molecule has 0 aliphatic heterocycles. The first-order chi connectivity index (χ1) is 7.43. The summed E-state index contributed by atoms with van der Waals surface area (Å²) < 4.78 is 1.48. The summed E-state index contributed by atoms with van der Waals surface area (Å²) in [4.78, 5) is 1.93. The molecule has 2 N–H and O–H groups in total. The molecule has 0 aromatic carbocycles. The molecule has 10 heteroatoms. The first kappa shape index (κ1) is 20.7. The van der Waals surface area contributed by atoms with E-state index in [0.29, 0.717) is 39.1 Å². The number of nitrogens with one attached hydrogen (secondary N) is 2. The summed E-state index contributed by atoms with van der Waals surface area (Å²) in [5.41, 5.74) is 0. The van der Waals surface area contributed by atoms with Gasteiger partial charge in [0.15, 0.2) is 0 Å². The van der Waals surface area contributed by atoms with E-state index < -0.39 is 0 Å². The van der Waals surface area contributed by atoms with Crippen LogP contribution in [0.2, 0.25) is 0 Å². The Morgan fingerprint density at radius 2 is 1.24 bits per heavy atom. The maximum absolute atomic E-state index is 5.01. The van der Waals surface area contributed by atoms with Crippen LogP contribution in [0.4, 0.5) is 0 Å². The van der Waals surface area contributed by atoms with Gasteiger partial charge in [-0.1, -0.05) is 36.7 Å². The third-order valence-electron chi connectivity index (χ3n) is 1.59. The van der Waals surface area contributed by atoms with E-state index in [-0.39, 0.29) is 19.5 Å². The van der Waals surface area contributed by atoms with Gasteiger partial charge in [-0.3, -0.25) is 0 Å². The molecule has 0 aromatic rings. The number of nitrogens with zero attached hydrogens (tertiary/aromatic N) is 1. The monoisotopic (exact) mass is 395 g/mol. The van der Waals surface area contributed by atoms with Gasteiger partial charge in [0.05, 0.1) is 0 Å². The SMILES string of the molecule is S=C(S)NCCN(CCNC(=S)S)C(=S)S.[Zn]. The van der Waals surface area contributed by atoms with Crippen LogP contribution < -0.4 is 10.6 Å². The van der Waals surface area contributed by atoms with Crippen molar-refractivity contribution >= 4 is 87.5 Å². The molecule has 0 heterocycles. The van der Waals surface area contributed by atoms with E-state index in [9.17, 15) is 0 Å². The minimum Gasteiger partial charge on any atom is -0.369 e. The molecule has 0 unspecified atom stereocenters. The molecule has 0 bridgehead atoms. The van der Waals surface area contributed by atoms with Crippen molar-refractivity contribution in [1.82, 2.24) is 15.5 Å². The normalized spacial score (nSPS) is 8.88. The summed E-state index contributed by atoms with van der Waals surface area (Å²) >= 11 is 26.6. The Morgan fingerprint density at radius 3 is 1.47 bits per heavy atom. The van der Waals surface area contributed by atoms with E-state index in [1.54, 1.807) is 0 Å². The standard InChI is InChI=1S/C7H13N3S6.Zn/c11-5(12)8-1-3-10(7(15)16)4-2-9-6(13)14;/h1-4H2,(H,15,16)(H2,8,11,12)(H2,9,13,14);. The maximum Gasteiger partial charge on any atom is 0.133 e. The Balaban J connectivity index is 0. The first-order valence-corrected chi connectivity index (χ1v) is 6.91. The number of thiocarbonyl (C=S) groups is 3. The quantitative estimate of drug-likeness (QED) is 0.262. The molecule has 0 spiro atoms. The number of thiol groups is 3. The summed E-state index contributed by atoms with van der Waals surface area (Å²) in [6.07, 6.45) is 0. The molecule has 0 atom stereocenters. The van der Waals surface area contributed by atoms with Crippen molar-refractivity contribution in [2.24, 2.45) is 0 Å². The Kier molecular flexibility index (Phi) is 15.0. The van der Waals surface area contributed by atoms with Gasteiger partial charge in [0, 0.05) is 45.7 Å². The minimum atomic E-state index is 0. The Labute approximate surface area is 147 Å². The zero-order valence-corrected chi connectivity index (χ0v) is 17.1. The van der Waals surface area contributed by atoms with Crippen molar-refractivity contribution in [3.63, 3.8) is 0 Å². The van der Waals surface area contributed by atoms with E-state index >= 15 is 0 Å². The average Bonchev–Trinajstić information content (AvgIpc) is 2.14. The van der Waals surface area contributed by atoms with Crippen molar-refractivity contribution in [1.29, 1.82) is 0 Å². The van der Waals surface area contributed by atoms with Crippen LogP contribution in [-0.2, 0) is 19.5 Å². The minimum absolute atomic E-state index is 0. The third-order valence-corrected chi connectivity index (χ3v) is 2.73. The molecule has 0 amide bonds. The van der Waals surface area contributed by atoms with Crippen LogP contribution in [0, 0.1) is 0 Å². The number of rotatable bonds is 6. The molecule has 0 aliphatic carbocycles. The van der Waals surface area contributed by atoms with Crippen LogP contribution in [0.3, 0.4) is 0 Å². The fourth-order valence-electron chi connectivity index (χ4n) is 0.899. The summed E-state index contributed by atoms with van der Waals surface area (Å²) in [6.45, 7) is 2.77. The molecule has 0 saturated heterocycles. The molecular weight excluding hydrogens is 384 g/mol. The average molecular weight is 397 g/mol. The van der Waals surface area contributed by atoms with Crippen LogP contribution in [0.15, 0.2) is 0 Å². The molecule has 0 saturated carbocycles. The largest absolute Gasteiger partial charge is 0.369 e. The summed E-state index contributed by atoms with van der Waals surface area (Å²) in [7, 11) is 0. The zero-order valence-electron chi connectivity index (χ0n) is 9.05. The zero-order chi connectivity index (χ0) is 12.6. The number of hydrogen-bond acceptors (Lipinski definition) is 3. The van der Waals surface area contributed by atoms with Gasteiger partial charge in [-0.2, -0.15) is 0 Å². The molecule has 17 heavy (non-hydrogen) atoms. The van der Waals surface area contributed by atoms with Gasteiger partial charge in [0.1, 0.15) is 13.0 Å². The van der Waals surface area contributed by atoms with Gasteiger partial charge in [-0.25, -0.2) is 0 Å². The van der Waals surface area contributed by atoms with Crippen molar-refractivity contribution in [2.45, 2.75) is 0 Å². The Bertz CT molecular complexity index is 254. The smallest absolute Gasteiger partial charge is 0.133 e. The van der Waals surface area contributed by atoms with Crippen LogP contribution in [-0.4, -0.2) is 44.0 Å². The summed E-state index contributed by atoms with van der Waals surface area (Å²) in [6, 6.07) is 0. The Morgan fingerprint density at radius 1 is 0.882 bits per heavy atom. The second-order valence-corrected chi connectivity index (χ2v) is 6.16. The van der Waals surface area contributed by atoms with E-state index in [1.807, 2.05) is 4.90 Å². The van der Waals surface area contributed by atoms with Gasteiger partial charge < -0.3 is 15.5 Å². The van der Waals surface area contributed by atoms with E-state index in [4.69, 9.17) is 36.7 Å². The van der Waals surface area contributed by atoms with Gasteiger partial charge in [0.25, 0.3) is 0 Å². The van der Waals surface area contributed by atoms with Gasteiger partial charge >= 0.3 is 0 Å². The third kappa shape index (κ3) is 13.6. The second kappa shape index (κ2) is 12.4. The number of hydrogen-bond donors (Lipinski definition) is 5. The topological polar surface area (TPSA) is 27.3 Å². The van der Waals surface area contributed by atoms with Gasteiger partial charge in [0.2, 0.25) is 0 Å². The summed E-state index contributed by atoms with van der Waals surface area (Å²) in [5.74, 6) is 0. The summed E-state index contributed by atoms with van der Waals surface area (Å²) in [5, 5.41) is 5.86. The van der Waals surface area contributed by atoms with Gasteiger partial charge in [-0.05, 0) is 0 Å². The molecule has 0 rings (SSSR count). The van der Waals surface area contributed by atoms with Crippen molar-refractivity contribution in [3.05, 3.63) is 0 Å². The maximum atomic E-state index is 5.01. The van der Waals surface area contributed by atoms with Crippen molar-refractivity contribution < 1.29 is 19.5 Å². The first-order valence-electron chi connectivity index (χ1n) is 4.35. The van der Waals surface area contributed by atoms with Crippen molar-refractivity contribution in [2.75, 3.05) is 26.2 Å². The van der Waals surface area contributed by atoms with Crippen molar-refractivity contribution in [3.8, 4) is 0 Å². The molecule has 0 aliphatic rings. The van der Waals surface area contributed by atoms with E-state index in [0.717, 1.165) is 0 Å². The van der Waals surface area contributed by atoms with E-state index in [1.165, 1.54) is 0 Å². The predicted octanol–water partition coefficient (Wildman–Crippen LogP) is 1.11. The molecule has 3 nitrogen and oxygen atoms in total. The van der Waals surface area contributed by atoms with Crippen LogP contribution in [0.25, 0.3) is 0 Å². The van der Waals surface area contributed by atoms with Crippen LogP contribution in [0.5, 0.6) is 0 Å². The molecular formula is C7H13N3S6Zn. The predicted molar refractivity (Wildman–Crippen MR) is 92.3 cm³/mol. The molecule has 0 fully saturated rings. The molecule has 0 radical (unpaired) electrons. The van der Waals surface area contributed by atoms with Crippen LogP contribution in [0.1, 0.15) is 0 Å².